The second-order valence-electron chi connectivity index (χ2n) is 5.56. The SMILES string of the molecule is Brc1ccccc1Pc1ccc(C2CCCCC2)cc1. The van der Waals surface area contributed by atoms with Crippen molar-refractivity contribution in [1.29, 1.82) is 0 Å². The lowest BCUT2D eigenvalue weighted by Gasteiger charge is -2.22. The average Bonchev–Trinajstić information content (AvgIpc) is 2.51. The smallest absolute Gasteiger partial charge is 0.0252 e. The molecule has 104 valence electrons. The summed E-state index contributed by atoms with van der Waals surface area (Å²) in [5.41, 5.74) is 1.55. The van der Waals surface area contributed by atoms with E-state index in [-0.39, 0.29) is 0 Å². The zero-order valence-electron chi connectivity index (χ0n) is 11.6. The lowest BCUT2D eigenvalue weighted by molar-refractivity contribution is 0.443. The summed E-state index contributed by atoms with van der Waals surface area (Å²) in [6, 6.07) is 17.9. The van der Waals surface area contributed by atoms with Gasteiger partial charge in [-0.15, -0.1) is 0 Å². The molecule has 1 fully saturated rings. The summed E-state index contributed by atoms with van der Waals surface area (Å²) in [5.74, 6) is 0.810. The van der Waals surface area contributed by atoms with Gasteiger partial charge in [0, 0.05) is 4.47 Å². The highest BCUT2D eigenvalue weighted by atomic mass is 79.9. The molecule has 0 N–H and O–H groups in total. The monoisotopic (exact) mass is 346 g/mol. The lowest BCUT2D eigenvalue weighted by atomic mass is 9.84. The first-order chi connectivity index (χ1) is 9.83. The van der Waals surface area contributed by atoms with Gasteiger partial charge in [0.1, 0.15) is 0 Å². The molecule has 3 rings (SSSR count). The molecule has 2 aromatic rings. The van der Waals surface area contributed by atoms with Gasteiger partial charge in [0.05, 0.1) is 0 Å². The van der Waals surface area contributed by atoms with Crippen LogP contribution in [0.4, 0.5) is 0 Å². The molecule has 1 atom stereocenters. The van der Waals surface area contributed by atoms with E-state index in [1.165, 1.54) is 47.2 Å². The minimum atomic E-state index is 0.734. The van der Waals surface area contributed by atoms with Crippen molar-refractivity contribution in [2.24, 2.45) is 0 Å². The molecule has 0 saturated heterocycles. The van der Waals surface area contributed by atoms with Crippen LogP contribution < -0.4 is 10.6 Å². The molecule has 0 aromatic heterocycles. The molecule has 2 heteroatoms. The van der Waals surface area contributed by atoms with Crippen LogP contribution in [0.1, 0.15) is 43.6 Å². The number of hydrogen-bond donors (Lipinski definition) is 0. The van der Waals surface area contributed by atoms with Gasteiger partial charge in [0.25, 0.3) is 0 Å². The Morgan fingerprint density at radius 3 is 2.25 bits per heavy atom. The van der Waals surface area contributed by atoms with Gasteiger partial charge in [-0.05, 0) is 41.0 Å². The van der Waals surface area contributed by atoms with Crippen LogP contribution >= 0.6 is 24.5 Å². The largest absolute Gasteiger partial charge is 0.0616 e. The van der Waals surface area contributed by atoms with Gasteiger partial charge >= 0.3 is 0 Å². The first-order valence-corrected chi connectivity index (χ1v) is 9.24. The Morgan fingerprint density at radius 2 is 1.55 bits per heavy atom. The van der Waals surface area contributed by atoms with E-state index < -0.39 is 0 Å². The maximum absolute atomic E-state index is 3.64. The Labute approximate surface area is 131 Å². The lowest BCUT2D eigenvalue weighted by Crippen LogP contribution is -2.07. The molecule has 2 aromatic carbocycles. The van der Waals surface area contributed by atoms with Crippen molar-refractivity contribution in [3.8, 4) is 0 Å². The van der Waals surface area contributed by atoms with Gasteiger partial charge in [-0.2, -0.15) is 0 Å². The molecule has 0 spiro atoms. The van der Waals surface area contributed by atoms with E-state index in [9.17, 15) is 0 Å². The van der Waals surface area contributed by atoms with E-state index in [1.54, 1.807) is 5.56 Å². The van der Waals surface area contributed by atoms with Gasteiger partial charge in [-0.3, -0.25) is 0 Å². The highest BCUT2D eigenvalue weighted by molar-refractivity contribution is 9.10. The quantitative estimate of drug-likeness (QED) is 0.676. The molecule has 1 aliphatic rings. The Morgan fingerprint density at radius 1 is 0.850 bits per heavy atom. The first kappa shape index (κ1) is 14.3. The van der Waals surface area contributed by atoms with Gasteiger partial charge in [-0.25, -0.2) is 0 Å². The third-order valence-corrected chi connectivity index (χ3v) is 6.52. The summed E-state index contributed by atoms with van der Waals surface area (Å²) in [5, 5.41) is 2.81. The zero-order chi connectivity index (χ0) is 13.8. The normalized spacial score (nSPS) is 16.9. The number of halogens is 1. The van der Waals surface area contributed by atoms with Gasteiger partial charge in [-0.1, -0.05) is 86.2 Å². The van der Waals surface area contributed by atoms with Crippen LogP contribution in [0.3, 0.4) is 0 Å². The highest BCUT2D eigenvalue weighted by Crippen LogP contribution is 2.32. The van der Waals surface area contributed by atoms with Crippen LogP contribution in [0, 0.1) is 0 Å². The molecular weight excluding hydrogens is 327 g/mol. The molecule has 0 heterocycles. The summed E-state index contributed by atoms with van der Waals surface area (Å²) < 4.78 is 1.22. The Bertz CT molecular complexity index is 556. The Kier molecular flexibility index (Phi) is 4.91. The van der Waals surface area contributed by atoms with E-state index in [2.05, 4.69) is 64.5 Å². The van der Waals surface area contributed by atoms with Gasteiger partial charge in [0.2, 0.25) is 0 Å². The van der Waals surface area contributed by atoms with Crippen LogP contribution in [0.15, 0.2) is 53.0 Å². The predicted octanol–water partition coefficient (Wildman–Crippen LogP) is 5.13. The van der Waals surface area contributed by atoms with Crippen molar-refractivity contribution in [3.63, 3.8) is 0 Å². The molecule has 0 aliphatic heterocycles. The van der Waals surface area contributed by atoms with E-state index in [4.69, 9.17) is 0 Å². The molecule has 1 aliphatic carbocycles. The summed E-state index contributed by atoms with van der Waals surface area (Å²) >= 11 is 3.64. The number of hydrogen-bond acceptors (Lipinski definition) is 0. The van der Waals surface area contributed by atoms with E-state index in [1.807, 2.05) is 0 Å². The molecule has 0 nitrogen and oxygen atoms in total. The minimum Gasteiger partial charge on any atom is -0.0616 e. The van der Waals surface area contributed by atoms with Crippen molar-refractivity contribution >= 4 is 35.1 Å². The van der Waals surface area contributed by atoms with E-state index >= 15 is 0 Å². The number of benzene rings is 2. The molecule has 0 radical (unpaired) electrons. The summed E-state index contributed by atoms with van der Waals surface area (Å²) in [6.07, 6.45) is 7.01. The van der Waals surface area contributed by atoms with Crippen molar-refractivity contribution in [3.05, 3.63) is 58.6 Å². The Hall–Kier alpha value is -0.650. The maximum atomic E-state index is 3.64. The van der Waals surface area contributed by atoms with Crippen molar-refractivity contribution in [2.75, 3.05) is 0 Å². The van der Waals surface area contributed by atoms with Crippen molar-refractivity contribution in [1.82, 2.24) is 0 Å². The van der Waals surface area contributed by atoms with Crippen LogP contribution in [0.2, 0.25) is 0 Å². The molecular formula is C18H20BrP. The highest BCUT2D eigenvalue weighted by Gasteiger charge is 2.15. The third-order valence-electron chi connectivity index (χ3n) is 4.14. The second kappa shape index (κ2) is 6.87. The fourth-order valence-corrected chi connectivity index (χ4v) is 4.60. The van der Waals surface area contributed by atoms with Gasteiger partial charge < -0.3 is 0 Å². The number of rotatable bonds is 3. The second-order valence-corrected chi connectivity index (χ2v) is 7.78. The van der Waals surface area contributed by atoms with E-state index in [0.29, 0.717) is 0 Å². The molecule has 0 bridgehead atoms. The fraction of sp³-hybridized carbons (Fsp3) is 0.333. The van der Waals surface area contributed by atoms with Crippen LogP contribution in [0.25, 0.3) is 0 Å². The fourth-order valence-electron chi connectivity index (χ4n) is 2.99. The van der Waals surface area contributed by atoms with E-state index in [0.717, 1.165) is 14.5 Å². The summed E-state index contributed by atoms with van der Waals surface area (Å²) in [7, 11) is 0.734. The average molecular weight is 347 g/mol. The third kappa shape index (κ3) is 3.51. The zero-order valence-corrected chi connectivity index (χ0v) is 14.2. The molecule has 1 unspecified atom stereocenters. The predicted molar refractivity (Wildman–Crippen MR) is 94.0 cm³/mol. The van der Waals surface area contributed by atoms with Crippen molar-refractivity contribution < 1.29 is 0 Å². The first-order valence-electron chi connectivity index (χ1n) is 7.44. The molecule has 20 heavy (non-hydrogen) atoms. The van der Waals surface area contributed by atoms with Gasteiger partial charge in [0.15, 0.2) is 0 Å². The maximum Gasteiger partial charge on any atom is 0.0252 e. The molecule has 1 saturated carbocycles. The minimum absolute atomic E-state index is 0.734. The topological polar surface area (TPSA) is 0 Å². The standard InChI is InChI=1S/C18H20BrP/c19-17-8-4-5-9-18(17)20-16-12-10-15(11-13-16)14-6-2-1-3-7-14/h4-5,8-14,20H,1-3,6-7H2. The summed E-state index contributed by atoms with van der Waals surface area (Å²) in [4.78, 5) is 0. The summed E-state index contributed by atoms with van der Waals surface area (Å²) in [6.45, 7) is 0. The van der Waals surface area contributed by atoms with Crippen LogP contribution in [-0.2, 0) is 0 Å². The van der Waals surface area contributed by atoms with Crippen molar-refractivity contribution in [2.45, 2.75) is 38.0 Å². The Balaban J connectivity index is 1.71. The van der Waals surface area contributed by atoms with Crippen LogP contribution in [0.5, 0.6) is 0 Å². The molecule has 0 amide bonds. The van der Waals surface area contributed by atoms with Crippen LogP contribution in [-0.4, -0.2) is 0 Å².